The Morgan fingerprint density at radius 2 is 1.83 bits per heavy atom. The number of anilines is 1. The molecular formula is C14H24ClN3. The molecule has 0 unspecified atom stereocenters. The molecule has 0 radical (unpaired) electrons. The van der Waals surface area contributed by atoms with E-state index >= 15 is 0 Å². The van der Waals surface area contributed by atoms with Crippen molar-refractivity contribution in [3.05, 3.63) is 22.8 Å². The van der Waals surface area contributed by atoms with Gasteiger partial charge in [-0.05, 0) is 30.0 Å². The summed E-state index contributed by atoms with van der Waals surface area (Å²) in [7, 11) is 0. The van der Waals surface area contributed by atoms with Crippen LogP contribution in [0.15, 0.2) is 12.3 Å². The van der Waals surface area contributed by atoms with Crippen LogP contribution in [0.5, 0.6) is 0 Å². The van der Waals surface area contributed by atoms with Crippen LogP contribution in [0.3, 0.4) is 0 Å². The van der Waals surface area contributed by atoms with Gasteiger partial charge in [-0.15, -0.1) is 0 Å². The first kappa shape index (κ1) is 15.3. The van der Waals surface area contributed by atoms with Crippen LogP contribution in [-0.4, -0.2) is 18.1 Å². The summed E-state index contributed by atoms with van der Waals surface area (Å²) >= 11 is 6.14. The molecule has 0 bridgehead atoms. The SMILES string of the molecule is CC(C)CNCc1cc(NCC(C)C)ncc1Cl. The summed E-state index contributed by atoms with van der Waals surface area (Å²) in [6, 6.07) is 2.03. The summed E-state index contributed by atoms with van der Waals surface area (Å²) in [6.45, 7) is 11.4. The minimum atomic E-state index is 0.602. The van der Waals surface area contributed by atoms with Gasteiger partial charge in [-0.25, -0.2) is 4.98 Å². The van der Waals surface area contributed by atoms with E-state index < -0.39 is 0 Å². The Kier molecular flexibility index (Phi) is 6.44. The molecule has 0 aliphatic carbocycles. The van der Waals surface area contributed by atoms with Crippen LogP contribution in [0.2, 0.25) is 5.02 Å². The van der Waals surface area contributed by atoms with Gasteiger partial charge in [0.1, 0.15) is 5.82 Å². The molecule has 1 heterocycles. The van der Waals surface area contributed by atoms with E-state index in [0.29, 0.717) is 11.8 Å². The summed E-state index contributed by atoms with van der Waals surface area (Å²) in [4.78, 5) is 4.28. The lowest BCUT2D eigenvalue weighted by molar-refractivity contribution is 0.552. The third kappa shape index (κ3) is 5.69. The fourth-order valence-corrected chi connectivity index (χ4v) is 1.69. The highest BCUT2D eigenvalue weighted by Crippen LogP contribution is 2.18. The monoisotopic (exact) mass is 269 g/mol. The first-order valence-corrected chi connectivity index (χ1v) is 6.95. The molecule has 0 atom stereocenters. The van der Waals surface area contributed by atoms with Crippen molar-refractivity contribution in [1.29, 1.82) is 0 Å². The second kappa shape index (κ2) is 7.59. The van der Waals surface area contributed by atoms with Gasteiger partial charge in [-0.2, -0.15) is 0 Å². The molecule has 0 amide bonds. The smallest absolute Gasteiger partial charge is 0.126 e. The van der Waals surface area contributed by atoms with Crippen molar-refractivity contribution >= 4 is 17.4 Å². The van der Waals surface area contributed by atoms with Crippen molar-refractivity contribution < 1.29 is 0 Å². The molecule has 2 N–H and O–H groups in total. The van der Waals surface area contributed by atoms with Gasteiger partial charge in [0.15, 0.2) is 0 Å². The van der Waals surface area contributed by atoms with E-state index in [-0.39, 0.29) is 0 Å². The van der Waals surface area contributed by atoms with Gasteiger partial charge in [-0.3, -0.25) is 0 Å². The van der Waals surface area contributed by atoms with Crippen molar-refractivity contribution in [2.75, 3.05) is 18.4 Å². The quantitative estimate of drug-likeness (QED) is 0.795. The molecule has 1 aromatic heterocycles. The molecule has 0 saturated carbocycles. The molecule has 0 aromatic carbocycles. The van der Waals surface area contributed by atoms with Crippen molar-refractivity contribution in [3.63, 3.8) is 0 Å². The fourth-order valence-electron chi connectivity index (χ4n) is 1.52. The maximum atomic E-state index is 6.14. The van der Waals surface area contributed by atoms with Gasteiger partial charge in [0, 0.05) is 19.3 Å². The number of pyridine rings is 1. The summed E-state index contributed by atoms with van der Waals surface area (Å²) < 4.78 is 0. The molecule has 0 aliphatic rings. The predicted molar refractivity (Wildman–Crippen MR) is 79.1 cm³/mol. The number of hydrogen-bond acceptors (Lipinski definition) is 3. The number of halogens is 1. The van der Waals surface area contributed by atoms with Crippen molar-refractivity contribution in [2.24, 2.45) is 11.8 Å². The molecule has 18 heavy (non-hydrogen) atoms. The largest absolute Gasteiger partial charge is 0.370 e. The van der Waals surface area contributed by atoms with Crippen molar-refractivity contribution in [3.8, 4) is 0 Å². The van der Waals surface area contributed by atoms with Crippen LogP contribution in [0.1, 0.15) is 33.3 Å². The fraction of sp³-hybridized carbons (Fsp3) is 0.643. The zero-order valence-electron chi connectivity index (χ0n) is 11.8. The number of nitrogens with zero attached hydrogens (tertiary/aromatic N) is 1. The predicted octanol–water partition coefficient (Wildman–Crippen LogP) is 3.55. The summed E-state index contributed by atoms with van der Waals surface area (Å²) in [5.74, 6) is 2.14. The van der Waals surface area contributed by atoms with Crippen LogP contribution in [0.4, 0.5) is 5.82 Å². The van der Waals surface area contributed by atoms with Crippen molar-refractivity contribution in [1.82, 2.24) is 10.3 Å². The minimum Gasteiger partial charge on any atom is -0.370 e. The van der Waals surface area contributed by atoms with Gasteiger partial charge in [0.25, 0.3) is 0 Å². The van der Waals surface area contributed by atoms with E-state index in [1.54, 1.807) is 6.20 Å². The van der Waals surface area contributed by atoms with Crippen LogP contribution in [-0.2, 0) is 6.54 Å². The number of rotatable bonds is 7. The maximum absolute atomic E-state index is 6.14. The number of nitrogens with one attached hydrogen (secondary N) is 2. The molecule has 102 valence electrons. The standard InChI is InChI=1S/C14H24ClN3/c1-10(2)6-16-8-12-5-14(17-7-11(3)4)18-9-13(12)15/h5,9-11,16H,6-8H2,1-4H3,(H,17,18). The van der Waals surface area contributed by atoms with E-state index in [1.807, 2.05) is 6.07 Å². The molecular weight excluding hydrogens is 246 g/mol. The van der Waals surface area contributed by atoms with Gasteiger partial charge in [-0.1, -0.05) is 39.3 Å². The van der Waals surface area contributed by atoms with E-state index in [2.05, 4.69) is 43.3 Å². The Bertz CT molecular complexity index is 364. The summed E-state index contributed by atoms with van der Waals surface area (Å²) in [6.07, 6.45) is 1.72. The molecule has 4 heteroatoms. The Morgan fingerprint density at radius 1 is 1.17 bits per heavy atom. The Balaban J connectivity index is 2.57. The van der Waals surface area contributed by atoms with Crippen LogP contribution in [0, 0.1) is 11.8 Å². The lowest BCUT2D eigenvalue weighted by Gasteiger charge is -2.12. The topological polar surface area (TPSA) is 37.0 Å². The third-order valence-electron chi connectivity index (χ3n) is 2.49. The minimum absolute atomic E-state index is 0.602. The molecule has 0 spiro atoms. The van der Waals surface area contributed by atoms with Crippen LogP contribution >= 0.6 is 11.6 Å². The normalized spacial score (nSPS) is 11.3. The Morgan fingerprint density at radius 3 is 2.44 bits per heavy atom. The van der Waals surface area contributed by atoms with Crippen LogP contribution in [0.25, 0.3) is 0 Å². The molecule has 1 rings (SSSR count). The summed E-state index contributed by atoms with van der Waals surface area (Å²) in [5.41, 5.74) is 1.10. The van der Waals surface area contributed by atoms with E-state index in [0.717, 1.165) is 36.0 Å². The highest BCUT2D eigenvalue weighted by atomic mass is 35.5. The number of aromatic nitrogens is 1. The van der Waals surface area contributed by atoms with E-state index in [9.17, 15) is 0 Å². The molecule has 0 fully saturated rings. The molecule has 0 aliphatic heterocycles. The zero-order valence-corrected chi connectivity index (χ0v) is 12.5. The second-order valence-electron chi connectivity index (χ2n) is 5.46. The lowest BCUT2D eigenvalue weighted by atomic mass is 10.2. The molecule has 1 aromatic rings. The average Bonchev–Trinajstić information content (AvgIpc) is 2.29. The number of hydrogen-bond donors (Lipinski definition) is 2. The molecule has 0 saturated heterocycles. The first-order chi connectivity index (χ1) is 8.49. The second-order valence-corrected chi connectivity index (χ2v) is 5.87. The maximum Gasteiger partial charge on any atom is 0.126 e. The van der Waals surface area contributed by atoms with Gasteiger partial charge >= 0.3 is 0 Å². The van der Waals surface area contributed by atoms with Gasteiger partial charge in [0.2, 0.25) is 0 Å². The highest BCUT2D eigenvalue weighted by Gasteiger charge is 2.04. The summed E-state index contributed by atoms with van der Waals surface area (Å²) in [5, 5.41) is 7.43. The Hall–Kier alpha value is -0.800. The van der Waals surface area contributed by atoms with Crippen molar-refractivity contribution in [2.45, 2.75) is 34.2 Å². The van der Waals surface area contributed by atoms with Crippen LogP contribution < -0.4 is 10.6 Å². The lowest BCUT2D eigenvalue weighted by Crippen LogP contribution is -2.19. The van der Waals surface area contributed by atoms with E-state index in [1.165, 1.54) is 0 Å². The third-order valence-corrected chi connectivity index (χ3v) is 2.83. The first-order valence-electron chi connectivity index (χ1n) is 6.58. The van der Waals surface area contributed by atoms with E-state index in [4.69, 9.17) is 11.6 Å². The highest BCUT2D eigenvalue weighted by molar-refractivity contribution is 6.31. The van der Waals surface area contributed by atoms with Gasteiger partial charge in [0.05, 0.1) is 5.02 Å². The Labute approximate surface area is 115 Å². The molecule has 3 nitrogen and oxygen atoms in total. The average molecular weight is 270 g/mol. The zero-order chi connectivity index (χ0) is 13.5. The van der Waals surface area contributed by atoms with Gasteiger partial charge < -0.3 is 10.6 Å².